The summed E-state index contributed by atoms with van der Waals surface area (Å²) in [5, 5.41) is 2.72. The Morgan fingerprint density at radius 2 is 1.92 bits per heavy atom. The van der Waals surface area contributed by atoms with E-state index in [2.05, 4.69) is 5.32 Å². The van der Waals surface area contributed by atoms with Crippen molar-refractivity contribution in [1.29, 1.82) is 0 Å². The minimum Gasteiger partial charge on any atom is -0.454 e. The van der Waals surface area contributed by atoms with Crippen LogP contribution in [-0.4, -0.2) is 57.5 Å². The van der Waals surface area contributed by atoms with E-state index in [4.69, 9.17) is 14.2 Å². The quantitative estimate of drug-likeness (QED) is 0.776. The molecule has 0 aliphatic carbocycles. The lowest BCUT2D eigenvalue weighted by Gasteiger charge is -2.25. The molecule has 132 valence electrons. The van der Waals surface area contributed by atoms with Gasteiger partial charge >= 0.3 is 0 Å². The molecule has 0 aromatic heterocycles. The second kappa shape index (κ2) is 7.37. The van der Waals surface area contributed by atoms with Crippen molar-refractivity contribution in [1.82, 2.24) is 9.62 Å². The van der Waals surface area contributed by atoms with E-state index in [9.17, 15) is 13.2 Å². The highest BCUT2D eigenvalue weighted by atomic mass is 32.2. The molecule has 3 rings (SSSR count). The average molecular weight is 356 g/mol. The number of nitrogens with zero attached hydrogens (tertiary/aromatic N) is 1. The molecule has 1 N–H and O–H groups in total. The SMILES string of the molecule is O=C(CCS(=O)(=O)N1CCOCC1)NCc1ccc2c(c1)OCO2. The number of sulfonamides is 1. The molecule has 0 spiro atoms. The number of amides is 1. The topological polar surface area (TPSA) is 94.2 Å². The molecule has 0 bridgehead atoms. The van der Waals surface area contributed by atoms with Gasteiger partial charge in [0.2, 0.25) is 22.7 Å². The number of morpholine rings is 1. The molecule has 1 fully saturated rings. The number of rotatable bonds is 6. The van der Waals surface area contributed by atoms with Gasteiger partial charge in [0.15, 0.2) is 11.5 Å². The number of fused-ring (bicyclic) bond motifs is 1. The lowest BCUT2D eigenvalue weighted by atomic mass is 10.2. The Morgan fingerprint density at radius 3 is 2.71 bits per heavy atom. The first-order chi connectivity index (χ1) is 11.5. The molecule has 24 heavy (non-hydrogen) atoms. The van der Waals surface area contributed by atoms with Gasteiger partial charge in [-0.25, -0.2) is 8.42 Å². The largest absolute Gasteiger partial charge is 0.454 e. The molecular formula is C15H20N2O6S. The monoisotopic (exact) mass is 356 g/mol. The minimum absolute atomic E-state index is 0.0652. The number of hydrogen-bond donors (Lipinski definition) is 1. The molecular weight excluding hydrogens is 336 g/mol. The van der Waals surface area contributed by atoms with Gasteiger partial charge in [-0.05, 0) is 17.7 Å². The molecule has 0 unspecified atom stereocenters. The zero-order chi connectivity index (χ0) is 17.0. The van der Waals surface area contributed by atoms with Gasteiger partial charge in [-0.2, -0.15) is 4.31 Å². The van der Waals surface area contributed by atoms with Gasteiger partial charge in [0.05, 0.1) is 19.0 Å². The van der Waals surface area contributed by atoms with Gasteiger partial charge < -0.3 is 19.5 Å². The highest BCUT2D eigenvalue weighted by Crippen LogP contribution is 2.32. The predicted molar refractivity (Wildman–Crippen MR) is 85.2 cm³/mol. The van der Waals surface area contributed by atoms with Gasteiger partial charge in [-0.3, -0.25) is 4.79 Å². The summed E-state index contributed by atoms with van der Waals surface area (Å²) in [5.74, 6) is 0.836. The first kappa shape index (κ1) is 17.0. The zero-order valence-electron chi connectivity index (χ0n) is 13.2. The Balaban J connectivity index is 1.45. The first-order valence-electron chi connectivity index (χ1n) is 7.75. The second-order valence-electron chi connectivity index (χ2n) is 5.54. The predicted octanol–water partition coefficient (Wildman–Crippen LogP) is 0.0836. The van der Waals surface area contributed by atoms with E-state index < -0.39 is 10.0 Å². The standard InChI is InChI=1S/C15H20N2O6S/c18-15(3-8-24(19,20)17-4-6-21-7-5-17)16-10-12-1-2-13-14(9-12)23-11-22-13/h1-2,9H,3-8,10-11H2,(H,16,18). The van der Waals surface area contributed by atoms with Crippen LogP contribution in [0.1, 0.15) is 12.0 Å². The summed E-state index contributed by atoms with van der Waals surface area (Å²) in [6.07, 6.45) is -0.0652. The molecule has 1 amide bonds. The number of carbonyl (C=O) groups is 1. The van der Waals surface area contributed by atoms with Crippen LogP contribution in [0, 0.1) is 0 Å². The van der Waals surface area contributed by atoms with Crippen LogP contribution in [-0.2, 0) is 26.1 Å². The molecule has 2 heterocycles. The summed E-state index contributed by atoms with van der Waals surface area (Å²) in [6, 6.07) is 5.41. The Hall–Kier alpha value is -1.84. The van der Waals surface area contributed by atoms with Crippen molar-refractivity contribution in [3.63, 3.8) is 0 Å². The molecule has 0 atom stereocenters. The third kappa shape index (κ3) is 4.16. The average Bonchev–Trinajstić information content (AvgIpc) is 3.07. The van der Waals surface area contributed by atoms with Gasteiger partial charge in [0, 0.05) is 26.1 Å². The summed E-state index contributed by atoms with van der Waals surface area (Å²) in [4.78, 5) is 11.9. The zero-order valence-corrected chi connectivity index (χ0v) is 14.0. The molecule has 1 aromatic rings. The van der Waals surface area contributed by atoms with E-state index in [1.807, 2.05) is 6.07 Å². The van der Waals surface area contributed by atoms with Crippen molar-refractivity contribution in [2.45, 2.75) is 13.0 Å². The molecule has 8 nitrogen and oxygen atoms in total. The Kier molecular flexibility index (Phi) is 5.22. The number of benzene rings is 1. The van der Waals surface area contributed by atoms with Gasteiger partial charge in [0.1, 0.15) is 0 Å². The Labute approximate surface area is 140 Å². The van der Waals surface area contributed by atoms with Crippen molar-refractivity contribution in [3.05, 3.63) is 23.8 Å². The summed E-state index contributed by atoms with van der Waals surface area (Å²) in [7, 11) is -3.41. The molecule has 0 radical (unpaired) electrons. The van der Waals surface area contributed by atoms with Gasteiger partial charge in [-0.1, -0.05) is 6.07 Å². The molecule has 0 saturated carbocycles. The fraction of sp³-hybridized carbons (Fsp3) is 0.533. The molecule has 1 saturated heterocycles. The number of carbonyl (C=O) groups excluding carboxylic acids is 1. The maximum absolute atomic E-state index is 12.2. The number of nitrogens with one attached hydrogen (secondary N) is 1. The van der Waals surface area contributed by atoms with Crippen LogP contribution < -0.4 is 14.8 Å². The number of hydrogen-bond acceptors (Lipinski definition) is 6. The van der Waals surface area contributed by atoms with E-state index in [-0.39, 0.29) is 24.9 Å². The molecule has 1 aromatic carbocycles. The smallest absolute Gasteiger partial charge is 0.231 e. The van der Waals surface area contributed by atoms with Gasteiger partial charge in [0.25, 0.3) is 0 Å². The summed E-state index contributed by atoms with van der Waals surface area (Å²) >= 11 is 0. The minimum atomic E-state index is -3.41. The van der Waals surface area contributed by atoms with E-state index in [1.54, 1.807) is 12.1 Å². The third-order valence-corrected chi connectivity index (χ3v) is 5.75. The van der Waals surface area contributed by atoms with Crippen LogP contribution in [0.3, 0.4) is 0 Å². The van der Waals surface area contributed by atoms with Gasteiger partial charge in [-0.15, -0.1) is 0 Å². The van der Waals surface area contributed by atoms with E-state index in [0.717, 1.165) is 5.56 Å². The van der Waals surface area contributed by atoms with Crippen LogP contribution in [0.4, 0.5) is 0 Å². The van der Waals surface area contributed by atoms with Crippen LogP contribution in [0.5, 0.6) is 11.5 Å². The summed E-state index contributed by atoms with van der Waals surface area (Å²) in [6.45, 7) is 2.00. The molecule has 9 heteroatoms. The highest BCUT2D eigenvalue weighted by molar-refractivity contribution is 7.89. The fourth-order valence-electron chi connectivity index (χ4n) is 2.52. The second-order valence-corrected chi connectivity index (χ2v) is 7.63. The third-order valence-electron chi connectivity index (χ3n) is 3.88. The van der Waals surface area contributed by atoms with Crippen LogP contribution in [0.25, 0.3) is 0 Å². The first-order valence-corrected chi connectivity index (χ1v) is 9.36. The summed E-state index contributed by atoms with van der Waals surface area (Å²) < 4.78 is 41.3. The Bertz CT molecular complexity index is 700. The van der Waals surface area contributed by atoms with E-state index in [1.165, 1.54) is 4.31 Å². The van der Waals surface area contributed by atoms with Crippen LogP contribution in [0.2, 0.25) is 0 Å². The lowest BCUT2D eigenvalue weighted by Crippen LogP contribution is -2.42. The molecule has 2 aliphatic heterocycles. The van der Waals surface area contributed by atoms with Crippen molar-refractivity contribution in [3.8, 4) is 11.5 Å². The maximum atomic E-state index is 12.2. The van der Waals surface area contributed by atoms with Crippen LogP contribution in [0.15, 0.2) is 18.2 Å². The highest BCUT2D eigenvalue weighted by Gasteiger charge is 2.24. The van der Waals surface area contributed by atoms with Crippen molar-refractivity contribution < 1.29 is 27.4 Å². The van der Waals surface area contributed by atoms with Crippen molar-refractivity contribution in [2.75, 3.05) is 38.8 Å². The van der Waals surface area contributed by atoms with Crippen molar-refractivity contribution >= 4 is 15.9 Å². The van der Waals surface area contributed by atoms with Crippen LogP contribution >= 0.6 is 0 Å². The summed E-state index contributed by atoms with van der Waals surface area (Å²) in [5.41, 5.74) is 0.864. The van der Waals surface area contributed by atoms with E-state index in [0.29, 0.717) is 44.3 Å². The fourth-order valence-corrected chi connectivity index (χ4v) is 3.92. The van der Waals surface area contributed by atoms with Crippen molar-refractivity contribution in [2.24, 2.45) is 0 Å². The van der Waals surface area contributed by atoms with E-state index >= 15 is 0 Å². The Morgan fingerprint density at radius 1 is 1.17 bits per heavy atom. The molecule has 2 aliphatic rings. The lowest BCUT2D eigenvalue weighted by molar-refractivity contribution is -0.120. The maximum Gasteiger partial charge on any atom is 0.231 e. The number of ether oxygens (including phenoxy) is 3. The normalized spacial score (nSPS) is 17.7.